The van der Waals surface area contributed by atoms with Gasteiger partial charge in [0, 0.05) is 12.8 Å². The maximum atomic E-state index is 12.7. The van der Waals surface area contributed by atoms with Gasteiger partial charge in [0.1, 0.15) is 24.9 Å². The van der Waals surface area contributed by atoms with E-state index in [-0.39, 0.29) is 19.4 Å². The first-order valence-electron chi connectivity index (χ1n) is 20.8. The molecule has 0 aromatic rings. The number of unbranched alkanes of at least 4 members (excludes halogenated alkanes) is 12. The molecule has 11 nitrogen and oxygen atoms in total. The number of aliphatic hydroxyl groups is 3. The fourth-order valence-electron chi connectivity index (χ4n) is 5.80. The molecule has 1 aliphatic heterocycles. The molecule has 1 heterocycles. The van der Waals surface area contributed by atoms with Crippen LogP contribution in [0.5, 0.6) is 0 Å². The maximum absolute atomic E-state index is 12.7. The van der Waals surface area contributed by atoms with Crippen molar-refractivity contribution in [1.29, 1.82) is 0 Å². The monoisotopic (exact) mass is 777 g/mol. The molecule has 0 bridgehead atoms. The average Bonchev–Trinajstić information content (AvgIpc) is 3.17. The number of carboxylic acids is 1. The molecule has 1 aliphatic rings. The van der Waals surface area contributed by atoms with Gasteiger partial charge in [0.15, 0.2) is 18.5 Å². The first-order valence-corrected chi connectivity index (χ1v) is 20.8. The van der Waals surface area contributed by atoms with Crippen molar-refractivity contribution in [2.45, 2.75) is 185 Å². The number of hydrogen-bond donors (Lipinski definition) is 4. The molecule has 0 saturated carbocycles. The number of esters is 2. The van der Waals surface area contributed by atoms with Crippen molar-refractivity contribution in [2.24, 2.45) is 0 Å². The van der Waals surface area contributed by atoms with Gasteiger partial charge >= 0.3 is 17.9 Å². The molecule has 1 fully saturated rings. The second-order valence-electron chi connectivity index (χ2n) is 14.1. The maximum Gasteiger partial charge on any atom is 0.335 e. The van der Waals surface area contributed by atoms with Gasteiger partial charge in [-0.1, -0.05) is 120 Å². The number of aliphatic hydroxyl groups excluding tert-OH is 3. The van der Waals surface area contributed by atoms with Gasteiger partial charge in [0.2, 0.25) is 0 Å². The van der Waals surface area contributed by atoms with Gasteiger partial charge in [-0.3, -0.25) is 9.59 Å². The van der Waals surface area contributed by atoms with Crippen LogP contribution in [0.2, 0.25) is 0 Å². The average molecular weight is 777 g/mol. The zero-order valence-electron chi connectivity index (χ0n) is 33.6. The molecule has 1 rings (SSSR count). The normalized spacial score (nSPS) is 21.1. The highest BCUT2D eigenvalue weighted by Crippen LogP contribution is 2.23. The molecular formula is C44H72O11. The van der Waals surface area contributed by atoms with E-state index in [0.717, 1.165) is 77.0 Å². The van der Waals surface area contributed by atoms with E-state index in [9.17, 15) is 34.8 Å². The van der Waals surface area contributed by atoms with Crippen molar-refractivity contribution in [2.75, 3.05) is 13.2 Å². The van der Waals surface area contributed by atoms with Crippen molar-refractivity contribution in [3.8, 4) is 0 Å². The number of hydrogen-bond acceptors (Lipinski definition) is 10. The van der Waals surface area contributed by atoms with Crippen molar-refractivity contribution in [3.05, 3.63) is 60.8 Å². The molecule has 55 heavy (non-hydrogen) atoms. The lowest BCUT2D eigenvalue weighted by atomic mass is 9.99. The first-order chi connectivity index (χ1) is 26.7. The summed E-state index contributed by atoms with van der Waals surface area (Å²) in [6.07, 6.45) is 31.3. The van der Waals surface area contributed by atoms with Crippen LogP contribution in [0.1, 0.15) is 149 Å². The van der Waals surface area contributed by atoms with Gasteiger partial charge in [0.05, 0.1) is 6.61 Å². The van der Waals surface area contributed by atoms with Crippen LogP contribution in [0.15, 0.2) is 60.8 Å². The van der Waals surface area contributed by atoms with E-state index >= 15 is 0 Å². The smallest absolute Gasteiger partial charge is 0.335 e. The van der Waals surface area contributed by atoms with Gasteiger partial charge in [-0.2, -0.15) is 0 Å². The third-order valence-electron chi connectivity index (χ3n) is 9.10. The first kappa shape index (κ1) is 49.9. The highest BCUT2D eigenvalue weighted by molar-refractivity contribution is 5.73. The molecule has 0 spiro atoms. The molecule has 314 valence electrons. The predicted octanol–water partition coefficient (Wildman–Crippen LogP) is 8.36. The van der Waals surface area contributed by atoms with Crippen LogP contribution in [-0.4, -0.2) is 88.4 Å². The molecule has 1 saturated heterocycles. The van der Waals surface area contributed by atoms with Gasteiger partial charge < -0.3 is 39.4 Å². The van der Waals surface area contributed by atoms with Gasteiger partial charge in [-0.25, -0.2) is 4.79 Å². The molecule has 0 aromatic carbocycles. The molecule has 0 radical (unpaired) electrons. The summed E-state index contributed by atoms with van der Waals surface area (Å²) in [6, 6.07) is 0. The third kappa shape index (κ3) is 26.4. The van der Waals surface area contributed by atoms with Gasteiger partial charge in [0.25, 0.3) is 0 Å². The summed E-state index contributed by atoms with van der Waals surface area (Å²) in [6.45, 7) is 3.62. The van der Waals surface area contributed by atoms with Gasteiger partial charge in [-0.05, 0) is 77.0 Å². The molecule has 6 atom stereocenters. The van der Waals surface area contributed by atoms with E-state index < -0.39 is 61.3 Å². The van der Waals surface area contributed by atoms with E-state index in [4.69, 9.17) is 18.9 Å². The Bertz CT molecular complexity index is 1140. The second-order valence-corrected chi connectivity index (χ2v) is 14.1. The fourth-order valence-corrected chi connectivity index (χ4v) is 5.80. The molecule has 6 unspecified atom stereocenters. The second kappa shape index (κ2) is 34.2. The number of allylic oxidation sites excluding steroid dienone is 10. The lowest BCUT2D eigenvalue weighted by Gasteiger charge is -2.38. The van der Waals surface area contributed by atoms with E-state index in [0.29, 0.717) is 12.8 Å². The van der Waals surface area contributed by atoms with Crippen molar-refractivity contribution in [3.63, 3.8) is 0 Å². The fraction of sp³-hybridized carbons (Fsp3) is 0.705. The Morgan fingerprint density at radius 3 is 1.67 bits per heavy atom. The predicted molar refractivity (Wildman–Crippen MR) is 215 cm³/mol. The van der Waals surface area contributed by atoms with E-state index in [2.05, 4.69) is 74.6 Å². The van der Waals surface area contributed by atoms with Crippen LogP contribution in [-0.2, 0) is 33.3 Å². The summed E-state index contributed by atoms with van der Waals surface area (Å²) in [5.41, 5.74) is 0. The third-order valence-corrected chi connectivity index (χ3v) is 9.10. The highest BCUT2D eigenvalue weighted by Gasteiger charge is 2.47. The molecule has 0 amide bonds. The molecule has 0 aromatic heterocycles. The Kier molecular flexibility index (Phi) is 31.0. The Morgan fingerprint density at radius 2 is 1.07 bits per heavy atom. The summed E-state index contributed by atoms with van der Waals surface area (Å²) < 4.78 is 21.6. The van der Waals surface area contributed by atoms with Gasteiger partial charge in [-0.15, -0.1) is 0 Å². The number of aliphatic carboxylic acids is 1. The Labute approximate surface area is 330 Å². The minimum Gasteiger partial charge on any atom is -0.479 e. The quantitative estimate of drug-likeness (QED) is 0.0287. The summed E-state index contributed by atoms with van der Waals surface area (Å²) in [5, 5.41) is 39.7. The molecule has 4 N–H and O–H groups in total. The van der Waals surface area contributed by atoms with Crippen LogP contribution in [0.3, 0.4) is 0 Å². The number of ether oxygens (including phenoxy) is 4. The van der Waals surface area contributed by atoms with Crippen LogP contribution in [0, 0.1) is 0 Å². The molecule has 0 aliphatic carbocycles. The van der Waals surface area contributed by atoms with E-state index in [1.165, 1.54) is 32.1 Å². The topological polar surface area (TPSA) is 169 Å². The molecular weight excluding hydrogens is 704 g/mol. The summed E-state index contributed by atoms with van der Waals surface area (Å²) in [4.78, 5) is 36.7. The Morgan fingerprint density at radius 1 is 0.582 bits per heavy atom. The lowest BCUT2D eigenvalue weighted by Crippen LogP contribution is -2.60. The minimum atomic E-state index is -1.87. The van der Waals surface area contributed by atoms with E-state index in [1.807, 2.05) is 0 Å². The largest absolute Gasteiger partial charge is 0.479 e. The van der Waals surface area contributed by atoms with Crippen molar-refractivity contribution < 1.29 is 53.8 Å². The number of rotatable bonds is 33. The Balaban J connectivity index is 2.45. The standard InChI is InChI=1S/C44H72O11/c1-3-5-7-9-11-13-15-17-19-21-22-24-26-28-30-32-37(45)52-34-36(35-53-44-41(49)39(47)40(48)42(55-44)43(50)51)54-38(46)33-31-29-27-25-23-20-18-16-14-12-10-8-6-4-2/h5,7,11,13,16-19,22,24,36,39-42,44,47-49H,3-4,6,8-10,12,14-15,20-21,23,25-35H2,1-2H3,(H,50,51)/b7-5-,13-11-,18-16-,19-17-,24-22-. The van der Waals surface area contributed by atoms with E-state index in [1.54, 1.807) is 0 Å². The van der Waals surface area contributed by atoms with Crippen LogP contribution in [0.25, 0.3) is 0 Å². The Hall–Kier alpha value is -3.09. The van der Waals surface area contributed by atoms with Crippen LogP contribution >= 0.6 is 0 Å². The summed E-state index contributed by atoms with van der Waals surface area (Å²) in [5.74, 6) is -2.52. The zero-order valence-corrected chi connectivity index (χ0v) is 33.6. The summed E-state index contributed by atoms with van der Waals surface area (Å²) >= 11 is 0. The van der Waals surface area contributed by atoms with Crippen molar-refractivity contribution in [1.82, 2.24) is 0 Å². The number of carboxylic acid groups (broad SMARTS) is 1. The molecule has 11 heteroatoms. The highest BCUT2D eigenvalue weighted by atomic mass is 16.7. The lowest BCUT2D eigenvalue weighted by molar-refractivity contribution is -0.298. The number of carbonyl (C=O) groups excluding carboxylic acids is 2. The summed E-state index contributed by atoms with van der Waals surface area (Å²) in [7, 11) is 0. The SMILES string of the molecule is CC/C=C\C/C=C\C/C=C\C/C=C\CCCCC(=O)OCC(COC1OC(C(=O)O)C(O)C(O)C1O)OC(=O)CCCCCCC/C=C\CCCCCCC. The van der Waals surface area contributed by atoms with Crippen LogP contribution in [0.4, 0.5) is 0 Å². The minimum absolute atomic E-state index is 0.161. The van der Waals surface area contributed by atoms with Crippen LogP contribution < -0.4 is 0 Å². The zero-order chi connectivity index (χ0) is 40.4. The van der Waals surface area contributed by atoms with Crippen molar-refractivity contribution >= 4 is 17.9 Å². The number of carbonyl (C=O) groups is 3.